The molecule has 74 heavy (non-hydrogen) atoms. The highest BCUT2D eigenvalue weighted by Gasteiger charge is 2.57. The van der Waals surface area contributed by atoms with Crippen LogP contribution < -0.4 is 17.2 Å². The molecule has 9 rings (SSSR count). The van der Waals surface area contributed by atoms with Crippen molar-refractivity contribution in [3.63, 3.8) is 0 Å². The van der Waals surface area contributed by atoms with E-state index in [1.54, 1.807) is 72.8 Å². The summed E-state index contributed by atoms with van der Waals surface area (Å²) >= 11 is 0. The Kier molecular flexibility index (Phi) is 13.2. The molecule has 2 spiro atoms. The summed E-state index contributed by atoms with van der Waals surface area (Å²) in [6.07, 6.45) is 11.2. The topological polar surface area (TPSA) is 261 Å². The van der Waals surface area contributed by atoms with E-state index in [0.717, 1.165) is 24.3 Å². The first-order valence-electron chi connectivity index (χ1n) is 22.4. The van der Waals surface area contributed by atoms with E-state index in [-0.39, 0.29) is 48.4 Å². The van der Waals surface area contributed by atoms with Gasteiger partial charge >= 0.3 is 44.3 Å². The number of rotatable bonds is 10. The van der Waals surface area contributed by atoms with Crippen LogP contribution in [0.3, 0.4) is 0 Å². The van der Waals surface area contributed by atoms with Crippen LogP contribution in [0.15, 0.2) is 216 Å². The number of amides is 2. The maximum Gasteiger partial charge on any atom is 0.348 e. The Balaban J connectivity index is 0.832. The molecule has 0 unspecified atom stereocenters. The van der Waals surface area contributed by atoms with Crippen molar-refractivity contribution in [2.24, 2.45) is 0 Å². The highest BCUT2D eigenvalue weighted by molar-refractivity contribution is 7.95. The molecule has 2 amide bonds. The summed E-state index contributed by atoms with van der Waals surface area (Å²) in [7, 11) is -9.30. The van der Waals surface area contributed by atoms with Gasteiger partial charge in [0.1, 0.15) is 22.3 Å². The van der Waals surface area contributed by atoms with Gasteiger partial charge in [-0.25, -0.2) is 19.2 Å². The minimum absolute atomic E-state index is 0.0202. The number of nitrogens with zero attached hydrogens (tertiary/aromatic N) is 4. The smallest absolute Gasteiger partial charge is 0.348 e. The molecule has 4 aromatic carbocycles. The molecule has 0 radical (unpaired) electrons. The van der Waals surface area contributed by atoms with Gasteiger partial charge in [0.25, 0.3) is 23.4 Å². The molecule has 1 saturated carbocycles. The SMILES string of the molecule is O=C1OC2(CCC3(CC2)OC(=O)C(=C/C=C/C=C/C2=C(O)N(c4ccccc4)S(=O)(=O)N(c4ccccc4)C2=O)C(=O)O3)OC(=O)C1=C/C=C/C=C/C1=C(O)N(c2ccccc2)S(=O)(=O)N(c2ccccc2)C1=O. The maximum absolute atomic E-state index is 13.7. The Morgan fingerprint density at radius 3 is 0.946 bits per heavy atom. The average molecular weight is 1040 g/mol. The van der Waals surface area contributed by atoms with Crippen LogP contribution in [0.2, 0.25) is 0 Å². The zero-order valence-electron chi connectivity index (χ0n) is 38.4. The first-order valence-corrected chi connectivity index (χ1v) is 25.2. The first-order chi connectivity index (χ1) is 35.5. The average Bonchev–Trinajstić information content (AvgIpc) is 3.37. The molecule has 5 aliphatic rings. The minimum atomic E-state index is -4.65. The number of carbonyl (C=O) groups excluding carboxylic acids is 6. The van der Waals surface area contributed by atoms with Crippen LogP contribution in [0.5, 0.6) is 0 Å². The highest BCUT2D eigenvalue weighted by Crippen LogP contribution is 2.45. The summed E-state index contributed by atoms with van der Waals surface area (Å²) in [6, 6.07) is 30.4. The zero-order valence-corrected chi connectivity index (χ0v) is 40.0. The summed E-state index contributed by atoms with van der Waals surface area (Å²) in [4.78, 5) is 80.0. The largest absolute Gasteiger partial charge is 0.493 e. The molecule has 20 nitrogen and oxygen atoms in total. The Labute approximate surface area is 422 Å². The molecule has 4 heterocycles. The predicted molar refractivity (Wildman–Crippen MR) is 264 cm³/mol. The molecule has 22 heteroatoms. The molecule has 0 aromatic heterocycles. The van der Waals surface area contributed by atoms with Crippen LogP contribution in [0.1, 0.15) is 25.7 Å². The quantitative estimate of drug-likeness (QED) is 0.0757. The maximum atomic E-state index is 13.7. The van der Waals surface area contributed by atoms with E-state index < -0.39 is 102 Å². The Morgan fingerprint density at radius 1 is 0.392 bits per heavy atom. The van der Waals surface area contributed by atoms with Gasteiger partial charge in [-0.2, -0.15) is 34.1 Å². The normalized spacial score (nSPS) is 23.1. The van der Waals surface area contributed by atoms with Crippen LogP contribution >= 0.6 is 0 Å². The number of aliphatic hydroxyl groups excluding tert-OH is 2. The third-order valence-corrected chi connectivity index (χ3v) is 15.2. The second kappa shape index (κ2) is 19.7. The van der Waals surface area contributed by atoms with E-state index in [1.807, 2.05) is 0 Å². The fourth-order valence-corrected chi connectivity index (χ4v) is 11.4. The number of benzene rings is 4. The lowest BCUT2D eigenvalue weighted by Crippen LogP contribution is -2.56. The Bertz CT molecular complexity index is 3200. The van der Waals surface area contributed by atoms with Crippen molar-refractivity contribution in [3.05, 3.63) is 216 Å². The second-order valence-corrected chi connectivity index (χ2v) is 19.8. The van der Waals surface area contributed by atoms with Gasteiger partial charge in [-0.05, 0) is 72.8 Å². The second-order valence-electron chi connectivity index (χ2n) is 16.5. The van der Waals surface area contributed by atoms with Crippen molar-refractivity contribution in [1.29, 1.82) is 0 Å². The number of allylic oxidation sites excluding steroid dienone is 8. The fraction of sp³-hybridized carbons (Fsp3) is 0.115. The monoisotopic (exact) mass is 1040 g/mol. The van der Waals surface area contributed by atoms with E-state index in [9.17, 15) is 55.8 Å². The summed E-state index contributed by atoms with van der Waals surface area (Å²) in [5.74, 6) is -11.6. The molecule has 0 atom stereocenters. The van der Waals surface area contributed by atoms with Crippen molar-refractivity contribution < 1.29 is 74.8 Å². The first kappa shape index (κ1) is 49.7. The summed E-state index contributed by atoms with van der Waals surface area (Å²) < 4.78 is 79.6. The molecular formula is C52H40N4O16S2. The molecular weight excluding hydrogens is 1000 g/mol. The standard InChI is InChI=1S/C52H40N4O16S2/c57-43-39(44(58)54(36-21-9-2-10-22-36)73(65,66)53(43)35-19-7-1-8-20-35)27-15-5-17-29-41-47(61)69-51(70-48(41)62)31-33-52(34-32-51)71-49(63)42(50(64)72-52)30-18-6-16-28-40-45(59)55(37-23-11-3-12-24-37)74(67,68)56(46(40)60)38-25-13-4-14-26-38/h1-30,57,59H,31-34H2/b17-5+,18-6+,27-15+,28-16+,41-29?,42-30?. The molecule has 0 bridgehead atoms. The molecule has 2 saturated heterocycles. The lowest BCUT2D eigenvalue weighted by atomic mass is 9.87. The Hall–Kier alpha value is -9.28. The summed E-state index contributed by atoms with van der Waals surface area (Å²) in [6.45, 7) is 0. The Morgan fingerprint density at radius 2 is 0.662 bits per heavy atom. The van der Waals surface area contributed by atoms with Gasteiger partial charge in [0.15, 0.2) is 0 Å². The molecule has 1 aliphatic carbocycles. The number of para-hydroxylation sites is 4. The number of anilines is 4. The van der Waals surface area contributed by atoms with Crippen LogP contribution in [-0.2, 0) is 68.1 Å². The molecule has 4 aromatic rings. The number of esters is 4. The van der Waals surface area contributed by atoms with E-state index in [0.29, 0.717) is 17.2 Å². The van der Waals surface area contributed by atoms with Gasteiger partial charge in [-0.15, -0.1) is 0 Å². The predicted octanol–water partition coefficient (Wildman–Crippen LogP) is 6.37. The van der Waals surface area contributed by atoms with Crippen LogP contribution in [-0.4, -0.2) is 74.3 Å². The molecule has 4 aliphatic heterocycles. The highest BCUT2D eigenvalue weighted by atomic mass is 32.2. The molecule has 3 fully saturated rings. The lowest BCUT2D eigenvalue weighted by Gasteiger charge is -2.45. The van der Waals surface area contributed by atoms with Crippen molar-refractivity contribution >= 4 is 78.9 Å². The van der Waals surface area contributed by atoms with Crippen LogP contribution in [0.4, 0.5) is 22.7 Å². The minimum Gasteiger partial charge on any atom is -0.493 e. The molecule has 376 valence electrons. The van der Waals surface area contributed by atoms with Gasteiger partial charge in [0.05, 0.1) is 22.7 Å². The van der Waals surface area contributed by atoms with Gasteiger partial charge in [-0.1, -0.05) is 109 Å². The van der Waals surface area contributed by atoms with Crippen LogP contribution in [0.25, 0.3) is 0 Å². The number of ether oxygens (including phenoxy) is 4. The van der Waals surface area contributed by atoms with Crippen molar-refractivity contribution in [3.8, 4) is 0 Å². The van der Waals surface area contributed by atoms with Crippen molar-refractivity contribution in [2.45, 2.75) is 37.3 Å². The summed E-state index contributed by atoms with van der Waals surface area (Å²) in [5.41, 5.74) is -1.65. The summed E-state index contributed by atoms with van der Waals surface area (Å²) in [5, 5.41) is 22.3. The van der Waals surface area contributed by atoms with Crippen molar-refractivity contribution in [2.75, 3.05) is 17.2 Å². The van der Waals surface area contributed by atoms with E-state index in [1.165, 1.54) is 85.0 Å². The molecule has 2 N–H and O–H groups in total. The number of carbonyl (C=O) groups is 6. The van der Waals surface area contributed by atoms with Gasteiger partial charge in [0, 0.05) is 25.7 Å². The number of hydrogen-bond acceptors (Lipinski definition) is 16. The third kappa shape index (κ3) is 9.25. The van der Waals surface area contributed by atoms with Gasteiger partial charge < -0.3 is 29.2 Å². The van der Waals surface area contributed by atoms with E-state index in [4.69, 9.17) is 18.9 Å². The number of hydrogen-bond donors (Lipinski definition) is 2. The van der Waals surface area contributed by atoms with E-state index >= 15 is 0 Å². The fourth-order valence-electron chi connectivity index (χ4n) is 8.31. The zero-order chi connectivity index (χ0) is 52.4. The lowest BCUT2D eigenvalue weighted by molar-refractivity contribution is -0.291. The number of aliphatic hydroxyl groups is 2. The van der Waals surface area contributed by atoms with Gasteiger partial charge in [-0.3, -0.25) is 9.59 Å². The van der Waals surface area contributed by atoms with Gasteiger partial charge in [0.2, 0.25) is 11.8 Å². The van der Waals surface area contributed by atoms with E-state index in [2.05, 4.69) is 0 Å². The van der Waals surface area contributed by atoms with Crippen molar-refractivity contribution in [1.82, 2.24) is 0 Å². The third-order valence-electron chi connectivity index (χ3n) is 11.8. The van der Waals surface area contributed by atoms with Crippen LogP contribution in [0, 0.1) is 0 Å².